The standard InChI is InChI=1S/C20H16N4O2S/c21-17(25)6-5-14-10-23-19-16(14)9-15(11-24-19)12-1-3-13(4-2-12)18(26)20-22-7-8-27-20/h1-11,18,26H,(H2,21,25)(H,23,24)/b6-5-. The van der Waals surface area contributed by atoms with E-state index in [1.165, 1.54) is 17.4 Å². The van der Waals surface area contributed by atoms with Gasteiger partial charge in [-0.3, -0.25) is 4.79 Å². The van der Waals surface area contributed by atoms with E-state index in [0.717, 1.165) is 33.3 Å². The summed E-state index contributed by atoms with van der Waals surface area (Å²) in [6, 6.07) is 9.67. The zero-order chi connectivity index (χ0) is 18.8. The van der Waals surface area contributed by atoms with E-state index < -0.39 is 12.0 Å². The van der Waals surface area contributed by atoms with Gasteiger partial charge < -0.3 is 15.8 Å². The third kappa shape index (κ3) is 3.51. The normalized spacial score (nSPS) is 12.6. The van der Waals surface area contributed by atoms with Crippen LogP contribution in [0.3, 0.4) is 0 Å². The van der Waals surface area contributed by atoms with Crippen LogP contribution in [0.15, 0.2) is 60.4 Å². The van der Waals surface area contributed by atoms with E-state index >= 15 is 0 Å². The highest BCUT2D eigenvalue weighted by Crippen LogP contribution is 2.28. The number of benzene rings is 1. The van der Waals surface area contributed by atoms with Gasteiger partial charge in [-0.2, -0.15) is 0 Å². The fourth-order valence-electron chi connectivity index (χ4n) is 2.86. The van der Waals surface area contributed by atoms with E-state index in [0.29, 0.717) is 5.01 Å². The minimum Gasteiger partial charge on any atom is -0.381 e. The third-order valence-corrected chi connectivity index (χ3v) is 5.06. The second-order valence-electron chi connectivity index (χ2n) is 5.99. The molecular formula is C20H16N4O2S. The Balaban J connectivity index is 1.65. The number of nitrogens with zero attached hydrogens (tertiary/aromatic N) is 2. The average Bonchev–Trinajstić information content (AvgIpc) is 3.35. The Labute approximate surface area is 159 Å². The number of pyridine rings is 1. The first-order valence-corrected chi connectivity index (χ1v) is 9.12. The summed E-state index contributed by atoms with van der Waals surface area (Å²) in [6.45, 7) is 0. The van der Waals surface area contributed by atoms with Crippen molar-refractivity contribution >= 4 is 34.4 Å². The summed E-state index contributed by atoms with van der Waals surface area (Å²) in [6.07, 6.45) is 7.51. The number of aromatic amines is 1. The van der Waals surface area contributed by atoms with E-state index in [9.17, 15) is 9.90 Å². The van der Waals surface area contributed by atoms with Gasteiger partial charge in [-0.25, -0.2) is 9.97 Å². The van der Waals surface area contributed by atoms with Crippen LogP contribution < -0.4 is 5.73 Å². The highest BCUT2D eigenvalue weighted by Gasteiger charge is 2.13. The van der Waals surface area contributed by atoms with Gasteiger partial charge in [0.2, 0.25) is 5.91 Å². The highest BCUT2D eigenvalue weighted by molar-refractivity contribution is 7.09. The lowest BCUT2D eigenvalue weighted by molar-refractivity contribution is -0.113. The van der Waals surface area contributed by atoms with E-state index in [4.69, 9.17) is 5.73 Å². The number of hydrogen-bond donors (Lipinski definition) is 3. The van der Waals surface area contributed by atoms with Gasteiger partial charge >= 0.3 is 0 Å². The number of thiazole rings is 1. The minimum atomic E-state index is -0.727. The molecule has 7 heteroatoms. The molecule has 134 valence electrons. The molecule has 27 heavy (non-hydrogen) atoms. The van der Waals surface area contributed by atoms with Crippen molar-refractivity contribution in [2.24, 2.45) is 5.73 Å². The topological polar surface area (TPSA) is 105 Å². The monoisotopic (exact) mass is 376 g/mol. The van der Waals surface area contributed by atoms with Crippen molar-refractivity contribution in [3.63, 3.8) is 0 Å². The van der Waals surface area contributed by atoms with Crippen LogP contribution in [0.4, 0.5) is 0 Å². The maximum atomic E-state index is 11.0. The number of primary amides is 1. The molecule has 0 radical (unpaired) electrons. The molecule has 0 aliphatic rings. The molecule has 1 amide bonds. The van der Waals surface area contributed by atoms with Crippen molar-refractivity contribution in [1.82, 2.24) is 15.0 Å². The van der Waals surface area contributed by atoms with Gasteiger partial charge in [0.05, 0.1) is 0 Å². The number of nitrogens with two attached hydrogens (primary N) is 1. The Morgan fingerprint density at radius 2 is 2.04 bits per heavy atom. The molecule has 0 fully saturated rings. The summed E-state index contributed by atoms with van der Waals surface area (Å²) in [7, 11) is 0. The fourth-order valence-corrected chi connectivity index (χ4v) is 3.51. The maximum Gasteiger partial charge on any atom is 0.241 e. The van der Waals surface area contributed by atoms with Gasteiger partial charge in [-0.1, -0.05) is 24.3 Å². The van der Waals surface area contributed by atoms with Gasteiger partial charge in [-0.05, 0) is 23.3 Å². The van der Waals surface area contributed by atoms with E-state index in [1.54, 1.807) is 24.7 Å². The lowest BCUT2D eigenvalue weighted by Crippen LogP contribution is -2.04. The zero-order valence-corrected chi connectivity index (χ0v) is 15.0. The number of aliphatic hydroxyl groups is 1. The predicted octanol–water partition coefficient (Wildman–Crippen LogP) is 3.27. The van der Waals surface area contributed by atoms with E-state index in [1.807, 2.05) is 35.7 Å². The predicted molar refractivity (Wildman–Crippen MR) is 106 cm³/mol. The van der Waals surface area contributed by atoms with Gasteiger partial charge in [0.1, 0.15) is 16.8 Å². The molecule has 1 unspecified atom stereocenters. The van der Waals surface area contributed by atoms with E-state index in [-0.39, 0.29) is 0 Å². The summed E-state index contributed by atoms with van der Waals surface area (Å²) in [5.41, 5.74) is 9.45. The summed E-state index contributed by atoms with van der Waals surface area (Å²) in [5.74, 6) is -0.497. The van der Waals surface area contributed by atoms with Crippen molar-refractivity contribution in [2.75, 3.05) is 0 Å². The molecule has 0 saturated carbocycles. The number of aromatic nitrogens is 3. The summed E-state index contributed by atoms with van der Waals surface area (Å²) < 4.78 is 0. The molecule has 3 aromatic heterocycles. The first-order chi connectivity index (χ1) is 13.1. The number of amides is 1. The Kier molecular flexibility index (Phi) is 4.53. The van der Waals surface area contributed by atoms with Crippen LogP contribution in [0.25, 0.3) is 28.2 Å². The molecule has 4 rings (SSSR count). The Bertz CT molecular complexity index is 1110. The SMILES string of the molecule is NC(=O)/C=C\c1c[nH]c2ncc(-c3ccc(C(O)c4nccs4)cc3)cc12. The summed E-state index contributed by atoms with van der Waals surface area (Å²) in [4.78, 5) is 22.7. The lowest BCUT2D eigenvalue weighted by Gasteiger charge is -2.09. The molecular weight excluding hydrogens is 360 g/mol. The molecule has 3 heterocycles. The first-order valence-electron chi connectivity index (χ1n) is 8.24. The lowest BCUT2D eigenvalue weighted by atomic mass is 10.0. The second-order valence-corrected chi connectivity index (χ2v) is 6.92. The van der Waals surface area contributed by atoms with Crippen LogP contribution in [0.2, 0.25) is 0 Å². The number of nitrogens with one attached hydrogen (secondary N) is 1. The largest absolute Gasteiger partial charge is 0.381 e. The number of carbonyl (C=O) groups is 1. The molecule has 6 nitrogen and oxygen atoms in total. The van der Waals surface area contributed by atoms with Gasteiger partial charge in [0, 0.05) is 46.6 Å². The Hall–Kier alpha value is -3.29. The zero-order valence-electron chi connectivity index (χ0n) is 14.2. The van der Waals surface area contributed by atoms with Crippen molar-refractivity contribution in [3.05, 3.63) is 76.5 Å². The number of hydrogen-bond acceptors (Lipinski definition) is 5. The quantitative estimate of drug-likeness (QED) is 0.465. The molecule has 1 atom stereocenters. The van der Waals surface area contributed by atoms with Crippen molar-refractivity contribution in [1.29, 1.82) is 0 Å². The van der Waals surface area contributed by atoms with Crippen LogP contribution in [0, 0.1) is 0 Å². The van der Waals surface area contributed by atoms with Crippen molar-refractivity contribution < 1.29 is 9.90 Å². The van der Waals surface area contributed by atoms with Gasteiger partial charge in [0.25, 0.3) is 0 Å². The van der Waals surface area contributed by atoms with Gasteiger partial charge in [-0.15, -0.1) is 11.3 Å². The smallest absolute Gasteiger partial charge is 0.241 e. The molecule has 0 bridgehead atoms. The first kappa shape index (κ1) is 17.1. The maximum absolute atomic E-state index is 11.0. The molecule has 0 aliphatic carbocycles. The number of rotatable bonds is 5. The van der Waals surface area contributed by atoms with E-state index in [2.05, 4.69) is 15.0 Å². The molecule has 0 spiro atoms. The Morgan fingerprint density at radius 3 is 2.74 bits per heavy atom. The van der Waals surface area contributed by atoms with Crippen LogP contribution in [0.5, 0.6) is 0 Å². The highest BCUT2D eigenvalue weighted by atomic mass is 32.1. The second kappa shape index (κ2) is 7.14. The van der Waals surface area contributed by atoms with Crippen LogP contribution in [-0.2, 0) is 4.79 Å². The minimum absolute atomic E-state index is 0.497. The third-order valence-electron chi connectivity index (χ3n) is 4.24. The Morgan fingerprint density at radius 1 is 1.22 bits per heavy atom. The molecule has 0 saturated heterocycles. The summed E-state index contributed by atoms with van der Waals surface area (Å²) >= 11 is 1.42. The number of aliphatic hydroxyl groups excluding tert-OH is 1. The summed E-state index contributed by atoms with van der Waals surface area (Å²) in [5, 5.41) is 13.8. The number of fused-ring (bicyclic) bond motifs is 1. The van der Waals surface area contributed by atoms with Crippen LogP contribution in [-0.4, -0.2) is 26.0 Å². The number of H-pyrrole nitrogens is 1. The fraction of sp³-hybridized carbons (Fsp3) is 0.0500. The molecule has 1 aromatic carbocycles. The number of carbonyl (C=O) groups excluding carboxylic acids is 1. The molecule has 4 aromatic rings. The van der Waals surface area contributed by atoms with Crippen molar-refractivity contribution in [3.8, 4) is 11.1 Å². The van der Waals surface area contributed by atoms with Crippen molar-refractivity contribution in [2.45, 2.75) is 6.10 Å². The van der Waals surface area contributed by atoms with Gasteiger partial charge in [0.15, 0.2) is 0 Å². The molecule has 4 N–H and O–H groups in total. The molecule has 0 aliphatic heterocycles. The van der Waals surface area contributed by atoms with Crippen LogP contribution >= 0.6 is 11.3 Å². The average molecular weight is 376 g/mol. The van der Waals surface area contributed by atoms with Crippen LogP contribution in [0.1, 0.15) is 22.2 Å².